The molecule has 4 heteroatoms. The van der Waals surface area contributed by atoms with Gasteiger partial charge in [-0.25, -0.2) is 0 Å². The lowest BCUT2D eigenvalue weighted by Crippen LogP contribution is -1.84. The number of hydrogen-bond donors (Lipinski definition) is 2. The van der Waals surface area contributed by atoms with Gasteiger partial charge in [-0.1, -0.05) is 48.6 Å². The first-order valence-corrected chi connectivity index (χ1v) is 9.46. The Bertz CT molecular complexity index is 1050. The zero-order valence-corrected chi connectivity index (χ0v) is 16.1. The monoisotopic (exact) mass is 396 g/mol. The molecule has 0 bridgehead atoms. The largest absolute Gasteiger partial charge is 0.508 e. The third kappa shape index (κ3) is 5.20. The fourth-order valence-electron chi connectivity index (χ4n) is 2.85. The van der Waals surface area contributed by atoms with E-state index in [1.54, 1.807) is 48.5 Å². The second kappa shape index (κ2) is 8.88. The molecule has 0 amide bonds. The number of benzene rings is 4. The maximum atomic E-state index is 9.51. The van der Waals surface area contributed by atoms with E-state index in [1.165, 1.54) is 0 Å². The van der Waals surface area contributed by atoms with Crippen LogP contribution in [0.2, 0.25) is 0 Å². The summed E-state index contributed by atoms with van der Waals surface area (Å²) in [7, 11) is 0. The summed E-state index contributed by atoms with van der Waals surface area (Å²) in [6.07, 6.45) is 4.03. The Morgan fingerprint density at radius 2 is 0.867 bits per heavy atom. The first-order valence-electron chi connectivity index (χ1n) is 9.46. The van der Waals surface area contributed by atoms with Crippen LogP contribution in [-0.2, 0) is 0 Å². The molecule has 0 radical (unpaired) electrons. The first-order chi connectivity index (χ1) is 14.6. The standard InChI is InChI=1S/C26H20O4/c27-21-3-1-5-25(17-21)29-23-13-9-19(10-14-23)7-8-20-11-15-24(16-12-20)30-26-6-2-4-22(28)18-26/h1-18,27-28H/b8-7+. The number of hydrogen-bond acceptors (Lipinski definition) is 4. The van der Waals surface area contributed by atoms with Crippen LogP contribution in [0.5, 0.6) is 34.5 Å². The average Bonchev–Trinajstić information content (AvgIpc) is 2.74. The zero-order valence-electron chi connectivity index (χ0n) is 16.1. The Balaban J connectivity index is 1.37. The van der Waals surface area contributed by atoms with Crippen molar-refractivity contribution in [2.45, 2.75) is 0 Å². The van der Waals surface area contributed by atoms with Gasteiger partial charge in [0.15, 0.2) is 0 Å². The van der Waals surface area contributed by atoms with E-state index in [2.05, 4.69) is 0 Å². The topological polar surface area (TPSA) is 58.9 Å². The summed E-state index contributed by atoms with van der Waals surface area (Å²) >= 11 is 0. The van der Waals surface area contributed by atoms with E-state index in [-0.39, 0.29) is 11.5 Å². The van der Waals surface area contributed by atoms with Crippen LogP contribution in [0.25, 0.3) is 12.2 Å². The van der Waals surface area contributed by atoms with E-state index in [0.717, 1.165) is 11.1 Å². The Hall–Kier alpha value is -4.18. The van der Waals surface area contributed by atoms with Crippen LogP contribution in [0.15, 0.2) is 97.1 Å². The van der Waals surface area contributed by atoms with Gasteiger partial charge in [-0.2, -0.15) is 0 Å². The van der Waals surface area contributed by atoms with Crippen molar-refractivity contribution in [1.82, 2.24) is 0 Å². The lowest BCUT2D eigenvalue weighted by Gasteiger charge is -2.06. The van der Waals surface area contributed by atoms with Gasteiger partial charge in [-0.15, -0.1) is 0 Å². The third-order valence-electron chi connectivity index (χ3n) is 4.34. The van der Waals surface area contributed by atoms with Crippen molar-refractivity contribution >= 4 is 12.2 Å². The number of rotatable bonds is 6. The lowest BCUT2D eigenvalue weighted by molar-refractivity contribution is 0.454. The van der Waals surface area contributed by atoms with Crippen LogP contribution in [0.4, 0.5) is 0 Å². The van der Waals surface area contributed by atoms with Crippen molar-refractivity contribution in [2.24, 2.45) is 0 Å². The van der Waals surface area contributed by atoms with Crippen molar-refractivity contribution < 1.29 is 19.7 Å². The summed E-state index contributed by atoms with van der Waals surface area (Å²) in [5.74, 6) is 2.92. The molecule has 0 saturated carbocycles. The van der Waals surface area contributed by atoms with E-state index < -0.39 is 0 Å². The molecule has 0 unspecified atom stereocenters. The Kier molecular flexibility index (Phi) is 5.67. The van der Waals surface area contributed by atoms with Gasteiger partial charge in [0.25, 0.3) is 0 Å². The zero-order chi connectivity index (χ0) is 20.8. The smallest absolute Gasteiger partial charge is 0.131 e. The molecular formula is C26H20O4. The van der Waals surface area contributed by atoms with Gasteiger partial charge in [0.05, 0.1) is 0 Å². The maximum Gasteiger partial charge on any atom is 0.131 e. The highest BCUT2D eigenvalue weighted by atomic mass is 16.5. The number of ether oxygens (including phenoxy) is 2. The molecule has 0 heterocycles. The van der Waals surface area contributed by atoms with E-state index in [4.69, 9.17) is 9.47 Å². The van der Waals surface area contributed by atoms with Gasteiger partial charge in [-0.05, 0) is 59.7 Å². The van der Waals surface area contributed by atoms with Crippen LogP contribution in [0.1, 0.15) is 11.1 Å². The molecule has 4 aromatic rings. The highest BCUT2D eigenvalue weighted by Gasteiger charge is 2.00. The van der Waals surface area contributed by atoms with Crippen LogP contribution in [-0.4, -0.2) is 10.2 Å². The minimum Gasteiger partial charge on any atom is -0.508 e. The van der Waals surface area contributed by atoms with Gasteiger partial charge in [-0.3, -0.25) is 0 Å². The number of phenols is 2. The normalized spacial score (nSPS) is 10.8. The quantitative estimate of drug-likeness (QED) is 0.350. The SMILES string of the molecule is Oc1cccc(Oc2ccc(/C=C/c3ccc(Oc4cccc(O)c4)cc3)cc2)c1. The van der Waals surface area contributed by atoms with Gasteiger partial charge in [0.2, 0.25) is 0 Å². The second-order valence-corrected chi connectivity index (χ2v) is 6.67. The first kappa shape index (κ1) is 19.2. The molecule has 0 aliphatic carbocycles. The number of phenolic OH excluding ortho intramolecular Hbond substituents is 2. The molecule has 2 N–H and O–H groups in total. The molecule has 0 saturated heterocycles. The molecule has 0 atom stereocenters. The summed E-state index contributed by atoms with van der Waals surface area (Å²) in [5.41, 5.74) is 2.08. The predicted octanol–water partition coefficient (Wildman–Crippen LogP) is 6.85. The summed E-state index contributed by atoms with van der Waals surface area (Å²) in [6, 6.07) is 28.8. The molecule has 0 aliphatic heterocycles. The highest BCUT2D eigenvalue weighted by molar-refractivity contribution is 5.70. The fourth-order valence-corrected chi connectivity index (χ4v) is 2.85. The molecule has 4 rings (SSSR count). The van der Waals surface area contributed by atoms with Gasteiger partial charge >= 0.3 is 0 Å². The van der Waals surface area contributed by atoms with Crippen LogP contribution >= 0.6 is 0 Å². The minimum atomic E-state index is 0.172. The molecule has 0 fully saturated rings. The van der Waals surface area contributed by atoms with Crippen molar-refractivity contribution in [3.63, 3.8) is 0 Å². The van der Waals surface area contributed by atoms with Gasteiger partial charge < -0.3 is 19.7 Å². The van der Waals surface area contributed by atoms with Crippen molar-refractivity contribution in [1.29, 1.82) is 0 Å². The minimum absolute atomic E-state index is 0.172. The summed E-state index contributed by atoms with van der Waals surface area (Å²) in [4.78, 5) is 0. The van der Waals surface area contributed by atoms with Crippen LogP contribution in [0.3, 0.4) is 0 Å². The van der Waals surface area contributed by atoms with E-state index >= 15 is 0 Å². The number of aromatic hydroxyl groups is 2. The predicted molar refractivity (Wildman–Crippen MR) is 118 cm³/mol. The van der Waals surface area contributed by atoms with Crippen LogP contribution in [0, 0.1) is 0 Å². The molecule has 148 valence electrons. The van der Waals surface area contributed by atoms with Crippen molar-refractivity contribution in [2.75, 3.05) is 0 Å². The molecule has 0 aromatic heterocycles. The second-order valence-electron chi connectivity index (χ2n) is 6.67. The summed E-state index contributed by atoms with van der Waals surface area (Å²) < 4.78 is 11.5. The van der Waals surface area contributed by atoms with Gasteiger partial charge in [0.1, 0.15) is 34.5 Å². The molecule has 0 aliphatic rings. The third-order valence-corrected chi connectivity index (χ3v) is 4.34. The van der Waals surface area contributed by atoms with E-state index in [1.807, 2.05) is 60.7 Å². The van der Waals surface area contributed by atoms with Crippen molar-refractivity contribution in [3.8, 4) is 34.5 Å². The fraction of sp³-hybridized carbons (Fsp3) is 0. The Morgan fingerprint density at radius 3 is 1.23 bits per heavy atom. The van der Waals surface area contributed by atoms with Crippen LogP contribution < -0.4 is 9.47 Å². The summed E-state index contributed by atoms with van der Waals surface area (Å²) in [5, 5.41) is 19.0. The Labute approximate surface area is 174 Å². The van der Waals surface area contributed by atoms with E-state index in [0.29, 0.717) is 23.0 Å². The van der Waals surface area contributed by atoms with Crippen molar-refractivity contribution in [3.05, 3.63) is 108 Å². The Morgan fingerprint density at radius 1 is 0.467 bits per heavy atom. The summed E-state index contributed by atoms with van der Waals surface area (Å²) in [6.45, 7) is 0. The lowest BCUT2D eigenvalue weighted by atomic mass is 10.1. The maximum absolute atomic E-state index is 9.51. The molecule has 4 aromatic carbocycles. The van der Waals surface area contributed by atoms with Gasteiger partial charge in [0, 0.05) is 12.1 Å². The molecule has 30 heavy (non-hydrogen) atoms. The van der Waals surface area contributed by atoms with E-state index in [9.17, 15) is 10.2 Å². The molecule has 0 spiro atoms. The highest BCUT2D eigenvalue weighted by Crippen LogP contribution is 2.26. The molecular weight excluding hydrogens is 376 g/mol. The molecule has 4 nitrogen and oxygen atoms in total. The average molecular weight is 396 g/mol.